The third-order valence-electron chi connectivity index (χ3n) is 4.77. The summed E-state index contributed by atoms with van der Waals surface area (Å²) in [5, 5.41) is 12.5. The molecule has 0 saturated heterocycles. The zero-order chi connectivity index (χ0) is 13.7. The Morgan fingerprint density at radius 3 is 2.42 bits per heavy atom. The number of carbonyl (C=O) groups is 1. The van der Waals surface area contributed by atoms with Crippen molar-refractivity contribution < 1.29 is 9.90 Å². The Hall–Kier alpha value is -0.610. The first-order chi connectivity index (χ1) is 9.07. The molecule has 0 radical (unpaired) electrons. The standard InChI is InChI=1S/C15H28N2O2/c16-15(8-2-1-3-9-15)10-14(19)17-11-12-4-6-13(18)7-5-12/h12-13,18H,1-11,16H2,(H,17,19). The van der Waals surface area contributed by atoms with Crippen LogP contribution in [0.25, 0.3) is 0 Å². The van der Waals surface area contributed by atoms with E-state index in [-0.39, 0.29) is 17.6 Å². The van der Waals surface area contributed by atoms with E-state index >= 15 is 0 Å². The molecule has 2 aliphatic rings. The van der Waals surface area contributed by atoms with Crippen molar-refractivity contribution in [2.45, 2.75) is 75.9 Å². The fraction of sp³-hybridized carbons (Fsp3) is 0.933. The molecule has 0 unspecified atom stereocenters. The van der Waals surface area contributed by atoms with Crippen molar-refractivity contribution >= 4 is 5.91 Å². The van der Waals surface area contributed by atoms with E-state index in [1.807, 2.05) is 0 Å². The van der Waals surface area contributed by atoms with Crippen molar-refractivity contribution in [3.05, 3.63) is 0 Å². The number of hydrogen-bond acceptors (Lipinski definition) is 3. The number of nitrogens with two attached hydrogens (primary N) is 1. The van der Waals surface area contributed by atoms with Gasteiger partial charge in [0.2, 0.25) is 5.91 Å². The molecule has 0 aromatic heterocycles. The van der Waals surface area contributed by atoms with E-state index in [2.05, 4.69) is 5.32 Å². The van der Waals surface area contributed by atoms with E-state index in [1.54, 1.807) is 0 Å². The van der Waals surface area contributed by atoms with E-state index in [0.717, 1.165) is 57.9 Å². The van der Waals surface area contributed by atoms with Crippen molar-refractivity contribution in [1.29, 1.82) is 0 Å². The van der Waals surface area contributed by atoms with E-state index in [1.165, 1.54) is 6.42 Å². The largest absolute Gasteiger partial charge is 0.393 e. The van der Waals surface area contributed by atoms with Gasteiger partial charge in [0.05, 0.1) is 6.10 Å². The van der Waals surface area contributed by atoms with Crippen LogP contribution >= 0.6 is 0 Å². The van der Waals surface area contributed by atoms with Crippen molar-refractivity contribution in [2.75, 3.05) is 6.54 Å². The van der Waals surface area contributed by atoms with E-state index < -0.39 is 0 Å². The number of hydrogen-bond donors (Lipinski definition) is 3. The zero-order valence-electron chi connectivity index (χ0n) is 11.9. The summed E-state index contributed by atoms with van der Waals surface area (Å²) in [5.74, 6) is 0.642. The molecule has 2 saturated carbocycles. The van der Waals surface area contributed by atoms with Gasteiger partial charge in [-0.15, -0.1) is 0 Å². The quantitative estimate of drug-likeness (QED) is 0.726. The summed E-state index contributed by atoms with van der Waals surface area (Å²) in [7, 11) is 0. The van der Waals surface area contributed by atoms with Crippen LogP contribution in [0.1, 0.15) is 64.2 Å². The molecular formula is C15H28N2O2. The van der Waals surface area contributed by atoms with Crippen LogP contribution in [0, 0.1) is 5.92 Å². The van der Waals surface area contributed by atoms with Gasteiger partial charge >= 0.3 is 0 Å². The SMILES string of the molecule is NC1(CC(=O)NCC2CCC(O)CC2)CCCCC1. The molecule has 0 aromatic rings. The zero-order valence-corrected chi connectivity index (χ0v) is 11.9. The first-order valence-corrected chi connectivity index (χ1v) is 7.81. The van der Waals surface area contributed by atoms with Crippen LogP contribution in [-0.2, 0) is 4.79 Å². The predicted molar refractivity (Wildman–Crippen MR) is 75.6 cm³/mol. The van der Waals surface area contributed by atoms with Gasteiger partial charge in [0.1, 0.15) is 0 Å². The Morgan fingerprint density at radius 2 is 1.79 bits per heavy atom. The molecule has 110 valence electrons. The van der Waals surface area contributed by atoms with Crippen LogP contribution in [0.5, 0.6) is 0 Å². The van der Waals surface area contributed by atoms with Gasteiger partial charge < -0.3 is 16.2 Å². The van der Waals surface area contributed by atoms with Crippen molar-refractivity contribution in [2.24, 2.45) is 11.7 Å². The lowest BCUT2D eigenvalue weighted by molar-refractivity contribution is -0.122. The lowest BCUT2D eigenvalue weighted by Gasteiger charge is -2.33. The highest BCUT2D eigenvalue weighted by atomic mass is 16.3. The maximum atomic E-state index is 12.0. The third kappa shape index (κ3) is 4.77. The number of nitrogens with one attached hydrogen (secondary N) is 1. The fourth-order valence-electron chi connectivity index (χ4n) is 3.42. The van der Waals surface area contributed by atoms with Gasteiger partial charge in [-0.05, 0) is 44.4 Å². The lowest BCUT2D eigenvalue weighted by atomic mass is 9.80. The van der Waals surface area contributed by atoms with Gasteiger partial charge in [-0.1, -0.05) is 19.3 Å². The molecular weight excluding hydrogens is 240 g/mol. The first kappa shape index (κ1) is 14.8. The Morgan fingerprint density at radius 1 is 1.16 bits per heavy atom. The van der Waals surface area contributed by atoms with Crippen LogP contribution in [0.15, 0.2) is 0 Å². The summed E-state index contributed by atoms with van der Waals surface area (Å²) in [5.41, 5.74) is 6.03. The average Bonchev–Trinajstić information content (AvgIpc) is 2.38. The van der Waals surface area contributed by atoms with E-state index in [0.29, 0.717) is 12.3 Å². The lowest BCUT2D eigenvalue weighted by Crippen LogP contribution is -2.46. The van der Waals surface area contributed by atoms with Gasteiger partial charge in [-0.2, -0.15) is 0 Å². The maximum Gasteiger partial charge on any atom is 0.221 e. The number of amides is 1. The highest BCUT2D eigenvalue weighted by molar-refractivity contribution is 5.77. The van der Waals surface area contributed by atoms with Crippen molar-refractivity contribution in [3.63, 3.8) is 0 Å². The second-order valence-electron chi connectivity index (χ2n) is 6.58. The van der Waals surface area contributed by atoms with Crippen LogP contribution in [0.4, 0.5) is 0 Å². The molecule has 1 amide bonds. The summed E-state index contributed by atoms with van der Waals surface area (Å²) in [6, 6.07) is 0. The highest BCUT2D eigenvalue weighted by Gasteiger charge is 2.30. The average molecular weight is 268 g/mol. The molecule has 2 rings (SSSR count). The number of carbonyl (C=O) groups excluding carboxylic acids is 1. The van der Waals surface area contributed by atoms with Crippen LogP contribution in [-0.4, -0.2) is 29.2 Å². The highest BCUT2D eigenvalue weighted by Crippen LogP contribution is 2.28. The third-order valence-corrected chi connectivity index (χ3v) is 4.77. The molecule has 4 nitrogen and oxygen atoms in total. The van der Waals surface area contributed by atoms with E-state index in [9.17, 15) is 9.90 Å². The van der Waals surface area contributed by atoms with Gasteiger partial charge in [-0.3, -0.25) is 4.79 Å². The predicted octanol–water partition coefficient (Wildman–Crippen LogP) is 1.71. The minimum Gasteiger partial charge on any atom is -0.393 e. The second-order valence-corrected chi connectivity index (χ2v) is 6.58. The Balaban J connectivity index is 1.66. The first-order valence-electron chi connectivity index (χ1n) is 7.81. The molecule has 0 bridgehead atoms. The topological polar surface area (TPSA) is 75.4 Å². The monoisotopic (exact) mass is 268 g/mol. The second kappa shape index (κ2) is 6.71. The smallest absolute Gasteiger partial charge is 0.221 e. The molecule has 2 aliphatic carbocycles. The molecule has 4 heteroatoms. The minimum absolute atomic E-state index is 0.107. The Labute approximate surface area is 116 Å². The molecule has 0 heterocycles. The Bertz CT molecular complexity index is 293. The maximum absolute atomic E-state index is 12.0. The Kier molecular flexibility index (Phi) is 5.22. The number of aliphatic hydroxyl groups is 1. The van der Waals surface area contributed by atoms with Gasteiger partial charge in [0, 0.05) is 18.5 Å². The summed E-state index contributed by atoms with van der Waals surface area (Å²) >= 11 is 0. The summed E-state index contributed by atoms with van der Waals surface area (Å²) in [6.45, 7) is 0.752. The van der Waals surface area contributed by atoms with Gasteiger partial charge in [-0.25, -0.2) is 0 Å². The molecule has 4 N–H and O–H groups in total. The molecule has 2 fully saturated rings. The van der Waals surface area contributed by atoms with Crippen molar-refractivity contribution in [3.8, 4) is 0 Å². The van der Waals surface area contributed by atoms with Crippen LogP contribution in [0.2, 0.25) is 0 Å². The van der Waals surface area contributed by atoms with Gasteiger partial charge in [0.15, 0.2) is 0 Å². The minimum atomic E-state index is -0.259. The normalized spacial score (nSPS) is 30.8. The summed E-state index contributed by atoms with van der Waals surface area (Å²) in [4.78, 5) is 12.0. The molecule has 0 aromatic carbocycles. The van der Waals surface area contributed by atoms with Crippen molar-refractivity contribution in [1.82, 2.24) is 5.32 Å². The number of aliphatic hydroxyl groups excluding tert-OH is 1. The van der Waals surface area contributed by atoms with E-state index in [4.69, 9.17) is 5.73 Å². The fourth-order valence-corrected chi connectivity index (χ4v) is 3.42. The van der Waals surface area contributed by atoms with Crippen LogP contribution in [0.3, 0.4) is 0 Å². The molecule has 0 atom stereocenters. The van der Waals surface area contributed by atoms with Crippen LogP contribution < -0.4 is 11.1 Å². The summed E-state index contributed by atoms with van der Waals surface area (Å²) < 4.78 is 0. The molecule has 0 spiro atoms. The van der Waals surface area contributed by atoms with Gasteiger partial charge in [0.25, 0.3) is 0 Å². The molecule has 0 aliphatic heterocycles. The molecule has 19 heavy (non-hydrogen) atoms. The summed E-state index contributed by atoms with van der Waals surface area (Å²) in [6.07, 6.45) is 9.68. The number of rotatable bonds is 4.